The van der Waals surface area contributed by atoms with Crippen LogP contribution in [0.2, 0.25) is 0 Å². The highest BCUT2D eigenvalue weighted by molar-refractivity contribution is 5.78. The molecule has 2 fully saturated rings. The number of carbonyl (C=O) groups excluding carboxylic acids is 1. The number of rotatable bonds is 5. The first-order valence-corrected chi connectivity index (χ1v) is 11.8. The summed E-state index contributed by atoms with van der Waals surface area (Å²) >= 11 is 0. The van der Waals surface area contributed by atoms with Crippen LogP contribution in [-0.4, -0.2) is 64.1 Å². The smallest absolute Gasteiger partial charge is 0.228 e. The summed E-state index contributed by atoms with van der Waals surface area (Å²) in [5.41, 5.74) is 3.07. The molecule has 2 aliphatic heterocycles. The number of aliphatic hydroxyl groups excluding tert-OH is 1. The molecule has 4 rings (SSSR count). The van der Waals surface area contributed by atoms with E-state index in [9.17, 15) is 9.90 Å². The molecule has 0 aliphatic carbocycles. The lowest BCUT2D eigenvalue weighted by atomic mass is 9.74. The Labute approximate surface area is 191 Å². The molecule has 0 bridgehead atoms. The maximum Gasteiger partial charge on any atom is 0.228 e. The highest BCUT2D eigenvalue weighted by Crippen LogP contribution is 2.42. The average Bonchev–Trinajstić information content (AvgIpc) is 2.80. The Kier molecular flexibility index (Phi) is 7.57. The van der Waals surface area contributed by atoms with Crippen LogP contribution in [0.5, 0.6) is 0 Å². The van der Waals surface area contributed by atoms with Gasteiger partial charge in [0, 0.05) is 55.0 Å². The summed E-state index contributed by atoms with van der Waals surface area (Å²) in [5.74, 6) is 6.78. The minimum absolute atomic E-state index is 0.114. The van der Waals surface area contributed by atoms with Crippen molar-refractivity contribution in [3.05, 3.63) is 65.5 Å². The number of benzene rings is 1. The predicted molar refractivity (Wildman–Crippen MR) is 126 cm³/mol. The Hall–Kier alpha value is -2.68. The fourth-order valence-electron chi connectivity index (χ4n) is 5.01. The molecule has 0 unspecified atom stereocenters. The maximum atomic E-state index is 13.1. The molecule has 2 aliphatic rings. The van der Waals surface area contributed by atoms with Crippen molar-refractivity contribution in [2.75, 3.05) is 26.2 Å². The van der Waals surface area contributed by atoms with Crippen molar-refractivity contribution in [2.45, 2.75) is 57.0 Å². The normalized spacial score (nSPS) is 23.2. The van der Waals surface area contributed by atoms with Crippen molar-refractivity contribution in [3.8, 4) is 11.8 Å². The molecular weight excluding hydrogens is 398 g/mol. The van der Waals surface area contributed by atoms with Gasteiger partial charge in [0.25, 0.3) is 0 Å². The van der Waals surface area contributed by atoms with E-state index in [4.69, 9.17) is 0 Å². The Bertz CT molecular complexity index is 948. The quantitative estimate of drug-likeness (QED) is 0.739. The van der Waals surface area contributed by atoms with E-state index < -0.39 is 0 Å². The Morgan fingerprint density at radius 3 is 2.69 bits per heavy atom. The van der Waals surface area contributed by atoms with Crippen LogP contribution in [0.15, 0.2) is 48.7 Å². The summed E-state index contributed by atoms with van der Waals surface area (Å²) in [5, 5.41) is 10.1. The number of carbonyl (C=O) groups is 1. The van der Waals surface area contributed by atoms with Crippen molar-refractivity contribution < 1.29 is 9.90 Å². The largest absolute Gasteiger partial charge is 0.395 e. The van der Waals surface area contributed by atoms with Crippen LogP contribution in [-0.2, 0) is 11.2 Å². The number of hydrogen-bond donors (Lipinski definition) is 1. The predicted octanol–water partition coefficient (Wildman–Crippen LogP) is 3.23. The van der Waals surface area contributed by atoms with Gasteiger partial charge in [-0.05, 0) is 55.6 Å². The van der Waals surface area contributed by atoms with Gasteiger partial charge in [0.05, 0.1) is 13.0 Å². The molecule has 1 amide bonds. The monoisotopic (exact) mass is 431 g/mol. The summed E-state index contributed by atoms with van der Waals surface area (Å²) in [6.07, 6.45) is 6.09. The second kappa shape index (κ2) is 10.8. The Balaban J connectivity index is 1.50. The highest BCUT2D eigenvalue weighted by atomic mass is 16.3. The summed E-state index contributed by atoms with van der Waals surface area (Å²) in [7, 11) is 0. The van der Waals surface area contributed by atoms with Gasteiger partial charge in [-0.2, -0.15) is 0 Å². The molecule has 3 atom stereocenters. The lowest BCUT2D eigenvalue weighted by Crippen LogP contribution is -2.68. The first-order valence-electron chi connectivity index (χ1n) is 11.8. The molecule has 1 N–H and O–H groups in total. The molecule has 5 heteroatoms. The molecule has 5 nitrogen and oxygen atoms in total. The fourth-order valence-corrected chi connectivity index (χ4v) is 5.01. The van der Waals surface area contributed by atoms with Gasteiger partial charge in [-0.25, -0.2) is 0 Å². The van der Waals surface area contributed by atoms with E-state index in [1.54, 1.807) is 6.20 Å². The molecule has 0 radical (unpaired) electrons. The number of pyridine rings is 1. The minimum Gasteiger partial charge on any atom is -0.395 e. The number of hydrogen-bond acceptors (Lipinski definition) is 4. The number of aromatic nitrogens is 1. The fraction of sp³-hybridized carbons (Fsp3) is 0.481. The number of unbranched alkanes of at least 4 members (excludes halogenated alkanes) is 1. The van der Waals surface area contributed by atoms with Gasteiger partial charge in [0.1, 0.15) is 0 Å². The molecule has 0 spiro atoms. The molecule has 3 heterocycles. The third kappa shape index (κ3) is 5.03. The molecule has 0 saturated carbocycles. The molecule has 32 heavy (non-hydrogen) atoms. The molecule has 1 aromatic heterocycles. The number of nitrogens with zero attached hydrogens (tertiary/aromatic N) is 3. The second-order valence-corrected chi connectivity index (χ2v) is 8.80. The Morgan fingerprint density at radius 2 is 1.97 bits per heavy atom. The summed E-state index contributed by atoms with van der Waals surface area (Å²) in [4.78, 5) is 21.8. The first kappa shape index (κ1) is 22.5. The van der Waals surface area contributed by atoms with E-state index in [1.807, 2.05) is 23.1 Å². The molecule has 2 aromatic rings. The number of amides is 1. The van der Waals surface area contributed by atoms with Crippen LogP contribution in [0.3, 0.4) is 0 Å². The standard InChI is InChI=1S/C27H33N3O2/c1-2-3-4-9-21-11-13-22(14-12-21)27-24-19-29(16-7-8-17-30(24)25(27)20-31)26(32)18-23-10-5-6-15-28-23/h5-6,10-15,24-25,27,31H,2-3,7-8,16-20H2,1H3/t24-,25-,27-/m0/s1. The van der Waals surface area contributed by atoms with Crippen molar-refractivity contribution in [3.63, 3.8) is 0 Å². The molecule has 2 saturated heterocycles. The molecule has 1 aromatic carbocycles. The zero-order chi connectivity index (χ0) is 22.3. The van der Waals surface area contributed by atoms with Crippen LogP contribution in [0.4, 0.5) is 0 Å². The lowest BCUT2D eigenvalue weighted by molar-refractivity contribution is -0.135. The van der Waals surface area contributed by atoms with Crippen LogP contribution in [0, 0.1) is 11.8 Å². The number of fused-ring (bicyclic) bond motifs is 1. The van der Waals surface area contributed by atoms with Crippen molar-refractivity contribution in [2.24, 2.45) is 0 Å². The van der Waals surface area contributed by atoms with Crippen molar-refractivity contribution >= 4 is 5.91 Å². The van der Waals surface area contributed by atoms with E-state index in [0.717, 1.165) is 50.0 Å². The van der Waals surface area contributed by atoms with Crippen LogP contribution in [0.1, 0.15) is 55.3 Å². The van der Waals surface area contributed by atoms with E-state index >= 15 is 0 Å². The summed E-state index contributed by atoms with van der Waals surface area (Å²) < 4.78 is 0. The first-order chi connectivity index (χ1) is 15.7. The zero-order valence-electron chi connectivity index (χ0n) is 18.9. The zero-order valence-corrected chi connectivity index (χ0v) is 18.9. The minimum atomic E-state index is 0.114. The summed E-state index contributed by atoms with van der Waals surface area (Å²) in [6.45, 7) is 4.74. The van der Waals surface area contributed by atoms with Crippen molar-refractivity contribution in [1.29, 1.82) is 0 Å². The van der Waals surface area contributed by atoms with Crippen molar-refractivity contribution in [1.82, 2.24) is 14.8 Å². The SMILES string of the molecule is CCCC#Cc1ccc([C@@H]2[C@H](CO)N3CCCCN(C(=O)Cc4ccccn4)C[C@@H]23)cc1. The van der Waals surface area contributed by atoms with Gasteiger partial charge in [-0.1, -0.05) is 37.0 Å². The number of aliphatic hydroxyl groups is 1. The van der Waals surface area contributed by atoms with Gasteiger partial charge < -0.3 is 10.0 Å². The van der Waals surface area contributed by atoms with Gasteiger partial charge in [-0.15, -0.1) is 0 Å². The Morgan fingerprint density at radius 1 is 1.16 bits per heavy atom. The highest BCUT2D eigenvalue weighted by Gasteiger charge is 2.49. The summed E-state index contributed by atoms with van der Waals surface area (Å²) in [6, 6.07) is 14.5. The van der Waals surface area contributed by atoms with Crippen LogP contribution >= 0.6 is 0 Å². The average molecular weight is 432 g/mol. The van der Waals surface area contributed by atoms with Gasteiger partial charge in [0.2, 0.25) is 5.91 Å². The maximum absolute atomic E-state index is 13.1. The third-order valence-corrected chi connectivity index (χ3v) is 6.68. The van der Waals surface area contributed by atoms with E-state index in [2.05, 4.69) is 52.9 Å². The van der Waals surface area contributed by atoms with Gasteiger partial charge in [0.15, 0.2) is 0 Å². The van der Waals surface area contributed by atoms with Gasteiger partial charge in [-0.3, -0.25) is 14.7 Å². The van der Waals surface area contributed by atoms with Gasteiger partial charge >= 0.3 is 0 Å². The van der Waals surface area contributed by atoms with E-state index in [1.165, 1.54) is 5.56 Å². The van der Waals surface area contributed by atoms with Crippen LogP contribution in [0.25, 0.3) is 0 Å². The topological polar surface area (TPSA) is 56.7 Å². The molecular formula is C27H33N3O2. The molecule has 168 valence electrons. The van der Waals surface area contributed by atoms with E-state index in [0.29, 0.717) is 13.0 Å². The third-order valence-electron chi connectivity index (χ3n) is 6.68. The van der Waals surface area contributed by atoms with Crippen LogP contribution < -0.4 is 0 Å². The second-order valence-electron chi connectivity index (χ2n) is 8.80. The van der Waals surface area contributed by atoms with E-state index in [-0.39, 0.29) is 30.5 Å². The lowest BCUT2D eigenvalue weighted by Gasteiger charge is -2.57.